The highest BCUT2D eigenvalue weighted by Gasteiger charge is 2.19. The SMILES string of the molecule is CN(Cc1cccs1)C(=O)c1cc([N+](=O)[O-])ccc1NN. The number of carbonyl (C=O) groups is 1. The molecule has 21 heavy (non-hydrogen) atoms. The van der Waals surface area contributed by atoms with Crippen LogP contribution in [0.3, 0.4) is 0 Å². The Morgan fingerprint density at radius 3 is 2.81 bits per heavy atom. The van der Waals surface area contributed by atoms with Crippen LogP contribution in [0.15, 0.2) is 35.7 Å². The second kappa shape index (κ2) is 6.33. The van der Waals surface area contributed by atoms with Crippen molar-refractivity contribution in [1.29, 1.82) is 0 Å². The number of benzene rings is 1. The van der Waals surface area contributed by atoms with Gasteiger partial charge in [-0.05, 0) is 17.5 Å². The molecule has 110 valence electrons. The summed E-state index contributed by atoms with van der Waals surface area (Å²) in [5.74, 6) is 5.03. The summed E-state index contributed by atoms with van der Waals surface area (Å²) in [6.07, 6.45) is 0. The van der Waals surface area contributed by atoms with E-state index in [0.29, 0.717) is 12.2 Å². The molecule has 2 aromatic rings. The maximum Gasteiger partial charge on any atom is 0.270 e. The number of carbonyl (C=O) groups excluding carboxylic acids is 1. The Hall–Kier alpha value is -2.45. The third-order valence-electron chi connectivity index (χ3n) is 2.92. The lowest BCUT2D eigenvalue weighted by Gasteiger charge is -2.18. The number of nitrogens with one attached hydrogen (secondary N) is 1. The normalized spacial score (nSPS) is 10.2. The van der Waals surface area contributed by atoms with Crippen molar-refractivity contribution < 1.29 is 9.72 Å². The molecule has 8 heteroatoms. The Balaban J connectivity index is 2.28. The number of amides is 1. The first-order valence-electron chi connectivity index (χ1n) is 6.06. The number of nitrogens with zero attached hydrogens (tertiary/aromatic N) is 2. The fraction of sp³-hybridized carbons (Fsp3) is 0.154. The number of hydrogen-bond donors (Lipinski definition) is 2. The van der Waals surface area contributed by atoms with Gasteiger partial charge >= 0.3 is 0 Å². The van der Waals surface area contributed by atoms with Gasteiger partial charge in [0.15, 0.2) is 0 Å². The molecule has 0 atom stereocenters. The predicted octanol–water partition coefficient (Wildman–Crippen LogP) is 2.21. The Bertz CT molecular complexity index is 657. The lowest BCUT2D eigenvalue weighted by molar-refractivity contribution is -0.384. The van der Waals surface area contributed by atoms with Gasteiger partial charge in [-0.25, -0.2) is 0 Å². The summed E-state index contributed by atoms with van der Waals surface area (Å²) in [4.78, 5) is 25.2. The van der Waals surface area contributed by atoms with Gasteiger partial charge in [-0.1, -0.05) is 6.07 Å². The molecule has 0 saturated heterocycles. The van der Waals surface area contributed by atoms with Gasteiger partial charge in [0, 0.05) is 24.1 Å². The van der Waals surface area contributed by atoms with Crippen molar-refractivity contribution in [3.63, 3.8) is 0 Å². The number of rotatable bonds is 5. The number of nitrogens with two attached hydrogens (primary N) is 1. The summed E-state index contributed by atoms with van der Waals surface area (Å²) in [7, 11) is 1.64. The van der Waals surface area contributed by atoms with E-state index in [1.807, 2.05) is 17.5 Å². The van der Waals surface area contributed by atoms with E-state index < -0.39 is 4.92 Å². The molecule has 7 nitrogen and oxygen atoms in total. The number of nitrogen functional groups attached to an aromatic ring is 1. The molecule has 0 aliphatic carbocycles. The third-order valence-corrected chi connectivity index (χ3v) is 3.78. The molecule has 0 aliphatic heterocycles. The first kappa shape index (κ1) is 14.9. The van der Waals surface area contributed by atoms with Crippen LogP contribution in [0.25, 0.3) is 0 Å². The molecule has 3 N–H and O–H groups in total. The number of nitro groups is 1. The summed E-state index contributed by atoms with van der Waals surface area (Å²) in [6, 6.07) is 7.76. The minimum Gasteiger partial charge on any atom is -0.336 e. The van der Waals surface area contributed by atoms with Crippen molar-refractivity contribution in [2.24, 2.45) is 5.84 Å². The molecular weight excluding hydrogens is 292 g/mol. The first-order chi connectivity index (χ1) is 10.0. The largest absolute Gasteiger partial charge is 0.336 e. The molecule has 0 bridgehead atoms. The molecule has 1 amide bonds. The number of hydrazine groups is 1. The van der Waals surface area contributed by atoms with Gasteiger partial charge in [-0.15, -0.1) is 11.3 Å². The minimum atomic E-state index is -0.545. The van der Waals surface area contributed by atoms with Crippen molar-refractivity contribution in [3.8, 4) is 0 Å². The highest BCUT2D eigenvalue weighted by molar-refractivity contribution is 7.09. The zero-order valence-electron chi connectivity index (χ0n) is 11.3. The van der Waals surface area contributed by atoms with Gasteiger partial charge < -0.3 is 10.3 Å². The summed E-state index contributed by atoms with van der Waals surface area (Å²) in [5.41, 5.74) is 2.76. The Morgan fingerprint density at radius 1 is 1.48 bits per heavy atom. The molecule has 0 aliphatic rings. The highest BCUT2D eigenvalue weighted by Crippen LogP contribution is 2.23. The van der Waals surface area contributed by atoms with Gasteiger partial charge in [0.25, 0.3) is 11.6 Å². The fourth-order valence-electron chi connectivity index (χ4n) is 1.86. The zero-order chi connectivity index (χ0) is 15.4. The molecule has 1 heterocycles. The number of non-ortho nitro benzene ring substituents is 1. The van der Waals surface area contributed by atoms with E-state index in [0.717, 1.165) is 4.88 Å². The lowest BCUT2D eigenvalue weighted by atomic mass is 10.1. The lowest BCUT2D eigenvalue weighted by Crippen LogP contribution is -2.27. The number of anilines is 1. The summed E-state index contributed by atoms with van der Waals surface area (Å²) < 4.78 is 0. The van der Waals surface area contributed by atoms with Gasteiger partial charge in [0.2, 0.25) is 0 Å². The van der Waals surface area contributed by atoms with Crippen LogP contribution in [0, 0.1) is 10.1 Å². The summed E-state index contributed by atoms with van der Waals surface area (Å²) in [5, 5.41) is 12.8. The number of thiophene rings is 1. The number of hydrogen-bond acceptors (Lipinski definition) is 6. The van der Waals surface area contributed by atoms with Crippen LogP contribution in [0.4, 0.5) is 11.4 Å². The predicted molar refractivity (Wildman–Crippen MR) is 81.0 cm³/mol. The second-order valence-electron chi connectivity index (χ2n) is 4.37. The highest BCUT2D eigenvalue weighted by atomic mass is 32.1. The maximum atomic E-state index is 12.4. The van der Waals surface area contributed by atoms with Crippen LogP contribution in [-0.2, 0) is 6.54 Å². The third kappa shape index (κ3) is 3.36. The molecule has 0 fully saturated rings. The maximum absolute atomic E-state index is 12.4. The molecule has 0 spiro atoms. The first-order valence-corrected chi connectivity index (χ1v) is 6.94. The fourth-order valence-corrected chi connectivity index (χ4v) is 2.62. The van der Waals surface area contributed by atoms with Crippen LogP contribution in [0.5, 0.6) is 0 Å². The smallest absolute Gasteiger partial charge is 0.270 e. The molecule has 1 aromatic heterocycles. The average molecular weight is 306 g/mol. The van der Waals surface area contributed by atoms with Crippen LogP contribution in [-0.4, -0.2) is 22.8 Å². The van der Waals surface area contributed by atoms with Crippen molar-refractivity contribution in [2.75, 3.05) is 12.5 Å². The van der Waals surface area contributed by atoms with Crippen molar-refractivity contribution in [1.82, 2.24) is 4.90 Å². The van der Waals surface area contributed by atoms with Crippen molar-refractivity contribution in [2.45, 2.75) is 6.54 Å². The average Bonchev–Trinajstić information content (AvgIpc) is 2.98. The van der Waals surface area contributed by atoms with Gasteiger partial charge in [-0.2, -0.15) is 0 Å². The minimum absolute atomic E-state index is 0.151. The Labute approximate surface area is 125 Å². The van der Waals surface area contributed by atoms with Gasteiger partial charge in [-0.3, -0.25) is 20.8 Å². The van der Waals surface area contributed by atoms with E-state index in [1.54, 1.807) is 7.05 Å². The van der Waals surface area contributed by atoms with Crippen LogP contribution < -0.4 is 11.3 Å². The Morgan fingerprint density at radius 2 is 2.24 bits per heavy atom. The zero-order valence-corrected chi connectivity index (χ0v) is 12.1. The monoisotopic (exact) mass is 306 g/mol. The topological polar surface area (TPSA) is 102 Å². The van der Waals surface area contributed by atoms with E-state index in [1.165, 1.54) is 34.4 Å². The van der Waals surface area contributed by atoms with E-state index >= 15 is 0 Å². The van der Waals surface area contributed by atoms with Crippen LogP contribution >= 0.6 is 11.3 Å². The van der Waals surface area contributed by atoms with Gasteiger partial charge in [0.1, 0.15) is 0 Å². The quantitative estimate of drug-likeness (QED) is 0.501. The molecule has 0 unspecified atom stereocenters. The standard InChI is InChI=1S/C13H14N4O3S/c1-16(8-10-3-2-6-21-10)13(18)11-7-9(17(19)20)4-5-12(11)15-14/h2-7,15H,8,14H2,1H3. The molecular formula is C13H14N4O3S. The molecule has 0 radical (unpaired) electrons. The molecule has 0 saturated carbocycles. The molecule has 2 rings (SSSR count). The Kier molecular flexibility index (Phi) is 4.51. The van der Waals surface area contributed by atoms with E-state index in [-0.39, 0.29) is 17.2 Å². The van der Waals surface area contributed by atoms with E-state index in [4.69, 9.17) is 5.84 Å². The second-order valence-corrected chi connectivity index (χ2v) is 5.40. The summed E-state index contributed by atoms with van der Waals surface area (Å²) in [6.45, 7) is 0.434. The van der Waals surface area contributed by atoms with Crippen LogP contribution in [0.1, 0.15) is 15.2 Å². The van der Waals surface area contributed by atoms with Crippen molar-refractivity contribution >= 4 is 28.6 Å². The van der Waals surface area contributed by atoms with E-state index in [9.17, 15) is 14.9 Å². The molecule has 1 aromatic carbocycles. The van der Waals surface area contributed by atoms with Crippen LogP contribution in [0.2, 0.25) is 0 Å². The van der Waals surface area contributed by atoms with E-state index in [2.05, 4.69) is 5.43 Å². The van der Waals surface area contributed by atoms with Crippen molar-refractivity contribution in [3.05, 3.63) is 56.3 Å². The summed E-state index contributed by atoms with van der Waals surface area (Å²) >= 11 is 1.54. The number of nitro benzene ring substituents is 1. The van der Waals surface area contributed by atoms with Gasteiger partial charge in [0.05, 0.1) is 22.7 Å².